The number of halogens is 4. The van der Waals surface area contributed by atoms with Crippen molar-refractivity contribution in [2.75, 3.05) is 34.2 Å². The number of rotatable bonds is 17. The maximum Gasteiger partial charge on any atom is 0.416 e. The molecule has 0 saturated heterocycles. The highest BCUT2D eigenvalue weighted by Gasteiger charge is 2.30. The Labute approximate surface area is 303 Å². The van der Waals surface area contributed by atoms with E-state index < -0.39 is 39.8 Å². The molecule has 0 fully saturated rings. The average molecular weight is 777 g/mol. The number of sulfonamides is 1. The summed E-state index contributed by atoms with van der Waals surface area (Å²) in [7, 11) is 1.80. The third kappa shape index (κ3) is 13.0. The number of alkyl halides is 3. The maximum atomic E-state index is 13.4. The number of likely N-dealkylation sites (N-methyl/N-ethyl adjacent to an activating group) is 1. The SMILES string of the molecule is C[N+](C)(C)C[C@H](O)CC(=O)NCCCC[C@@H](C(=O)NCc1ccc(C(F)(F)F)cc1)n1cc(COc2ccc3nc(S(N)(=O)=O)sc3c2)nn1.[Cl-]. The van der Waals surface area contributed by atoms with Gasteiger partial charge in [-0.25, -0.2) is 23.2 Å². The topological polar surface area (TPSA) is 191 Å². The average Bonchev–Trinajstić information content (AvgIpc) is 3.66. The lowest BCUT2D eigenvalue weighted by atomic mass is 10.1. The van der Waals surface area contributed by atoms with Crippen LogP contribution in [0.2, 0.25) is 0 Å². The predicted molar refractivity (Wildman–Crippen MR) is 178 cm³/mol. The van der Waals surface area contributed by atoms with E-state index in [2.05, 4.69) is 25.9 Å². The number of unbranched alkanes of at least 4 members (excludes halogenated alkanes) is 1. The van der Waals surface area contributed by atoms with E-state index in [-0.39, 0.29) is 42.2 Å². The van der Waals surface area contributed by atoms with Crippen LogP contribution < -0.4 is 32.9 Å². The largest absolute Gasteiger partial charge is 1.00 e. The number of carbonyl (C=O) groups excluding carboxylic acids is 2. The van der Waals surface area contributed by atoms with Gasteiger partial charge in [0, 0.05) is 13.1 Å². The summed E-state index contributed by atoms with van der Waals surface area (Å²) in [5.41, 5.74) is 0.513. The Balaban J connectivity index is 0.00000702. The fourth-order valence-electron chi connectivity index (χ4n) is 4.96. The van der Waals surface area contributed by atoms with Crippen LogP contribution >= 0.6 is 11.3 Å². The van der Waals surface area contributed by atoms with E-state index in [1.807, 2.05) is 21.1 Å². The van der Waals surface area contributed by atoms with E-state index >= 15 is 0 Å². The number of ether oxygens (including phenoxy) is 1. The molecule has 14 nitrogen and oxygen atoms in total. The third-order valence-electron chi connectivity index (χ3n) is 7.30. The number of benzene rings is 2. The smallest absolute Gasteiger partial charge is 0.416 e. The quantitative estimate of drug-likeness (QED) is 0.0827. The number of fused-ring (bicyclic) bond motifs is 1. The first-order chi connectivity index (χ1) is 23.4. The minimum Gasteiger partial charge on any atom is -1.00 e. The number of quaternary nitrogens is 1. The van der Waals surface area contributed by atoms with Crippen molar-refractivity contribution in [3.8, 4) is 5.75 Å². The highest BCUT2D eigenvalue weighted by atomic mass is 35.5. The Morgan fingerprint density at radius 2 is 1.80 bits per heavy atom. The first-order valence-electron chi connectivity index (χ1n) is 15.5. The minimum absolute atomic E-state index is 0. The van der Waals surface area contributed by atoms with E-state index in [9.17, 15) is 36.3 Å². The number of nitrogens with two attached hydrogens (primary N) is 1. The lowest BCUT2D eigenvalue weighted by molar-refractivity contribution is -0.873. The van der Waals surface area contributed by atoms with Crippen molar-refractivity contribution < 1.29 is 57.9 Å². The molecule has 2 aromatic carbocycles. The second-order valence-corrected chi connectivity index (χ2v) is 15.5. The molecule has 0 saturated carbocycles. The van der Waals surface area contributed by atoms with Crippen LogP contribution in [0.25, 0.3) is 10.2 Å². The number of aliphatic hydroxyl groups excluding tert-OH is 1. The van der Waals surface area contributed by atoms with Gasteiger partial charge in [0.25, 0.3) is 10.0 Å². The molecule has 51 heavy (non-hydrogen) atoms. The number of aromatic nitrogens is 4. The molecule has 2 atom stereocenters. The molecule has 5 N–H and O–H groups in total. The van der Waals surface area contributed by atoms with Crippen molar-refractivity contribution in [3.05, 3.63) is 65.5 Å². The Morgan fingerprint density at radius 1 is 1.10 bits per heavy atom. The van der Waals surface area contributed by atoms with Gasteiger partial charge in [0.05, 0.1) is 49.5 Å². The first-order valence-corrected chi connectivity index (χ1v) is 17.9. The molecule has 2 aromatic heterocycles. The first kappa shape index (κ1) is 41.5. The van der Waals surface area contributed by atoms with Crippen LogP contribution in [0, 0.1) is 0 Å². The van der Waals surface area contributed by atoms with Crippen LogP contribution in [0.3, 0.4) is 0 Å². The number of carbonyl (C=O) groups is 2. The van der Waals surface area contributed by atoms with Crippen LogP contribution in [0.1, 0.15) is 48.5 Å². The summed E-state index contributed by atoms with van der Waals surface area (Å²) in [6.07, 6.45) is -2.41. The van der Waals surface area contributed by atoms with Gasteiger partial charge in [-0.2, -0.15) is 13.2 Å². The highest BCUT2D eigenvalue weighted by molar-refractivity contribution is 7.91. The standard InChI is InChI=1S/C31H39F3N8O6S2.ClH/c1-42(2,3)18-23(43)14-28(44)36-13-5-4-6-26(29(45)37-16-20-7-9-21(10-8-20)31(32,33)34)41-17-22(39-40-41)19-48-24-11-12-25-27(15-24)49-30(38-25)50(35,46)47;/h7-12,15,17,23,26,43H,4-6,13-14,16,18-19H2,1-3H3,(H3-,35,36,37,44,45,46,47);1H/t23-,26+;/m1./s1. The molecular formula is C31H40ClF3N8O6S2. The maximum absolute atomic E-state index is 13.4. The molecule has 0 aliphatic heterocycles. The van der Waals surface area contributed by atoms with Gasteiger partial charge >= 0.3 is 6.18 Å². The Hall–Kier alpha value is -3.88. The van der Waals surface area contributed by atoms with Crippen LogP contribution in [0.4, 0.5) is 13.2 Å². The zero-order valence-electron chi connectivity index (χ0n) is 28.1. The second-order valence-electron chi connectivity index (χ2n) is 12.7. The fourth-order valence-corrected chi connectivity index (χ4v) is 6.64. The van der Waals surface area contributed by atoms with Gasteiger partial charge < -0.3 is 37.4 Å². The Morgan fingerprint density at radius 3 is 2.45 bits per heavy atom. The molecule has 0 bridgehead atoms. The second kappa shape index (κ2) is 17.6. The molecular weight excluding hydrogens is 737 g/mol. The van der Waals surface area contributed by atoms with Crippen LogP contribution in [-0.4, -0.2) is 90.1 Å². The molecule has 2 heterocycles. The van der Waals surface area contributed by atoms with Gasteiger partial charge in [-0.05, 0) is 55.2 Å². The van der Waals surface area contributed by atoms with Crippen molar-refractivity contribution in [2.24, 2.45) is 5.14 Å². The van der Waals surface area contributed by atoms with Crippen molar-refractivity contribution >= 4 is 43.4 Å². The predicted octanol–water partition coefficient (Wildman–Crippen LogP) is -0.262. The molecule has 0 radical (unpaired) electrons. The number of nitrogens with one attached hydrogen (secondary N) is 2. The number of thiazole rings is 1. The zero-order valence-corrected chi connectivity index (χ0v) is 30.4. The number of hydrogen-bond donors (Lipinski definition) is 4. The molecule has 0 unspecified atom stereocenters. The van der Waals surface area contributed by atoms with E-state index in [1.54, 1.807) is 24.4 Å². The van der Waals surface area contributed by atoms with Gasteiger partial charge in [-0.1, -0.05) is 17.3 Å². The monoisotopic (exact) mass is 776 g/mol. The summed E-state index contributed by atoms with van der Waals surface area (Å²) >= 11 is 0.907. The van der Waals surface area contributed by atoms with Crippen molar-refractivity contribution in [1.29, 1.82) is 0 Å². The number of amides is 2. The number of aliphatic hydroxyl groups is 1. The number of nitrogens with zero attached hydrogens (tertiary/aromatic N) is 5. The molecule has 0 aliphatic rings. The van der Waals surface area contributed by atoms with E-state index in [0.29, 0.717) is 64.1 Å². The van der Waals surface area contributed by atoms with E-state index in [0.717, 1.165) is 23.5 Å². The normalized spacial score (nSPS) is 13.3. The molecule has 280 valence electrons. The summed E-state index contributed by atoms with van der Waals surface area (Å²) < 4.78 is 70.2. The zero-order chi connectivity index (χ0) is 36.7. The highest BCUT2D eigenvalue weighted by Crippen LogP contribution is 2.30. The summed E-state index contributed by atoms with van der Waals surface area (Å²) in [6, 6.07) is 8.48. The summed E-state index contributed by atoms with van der Waals surface area (Å²) in [6.45, 7) is 0.704. The molecule has 0 aliphatic carbocycles. The summed E-state index contributed by atoms with van der Waals surface area (Å²) in [5.74, 6) is -0.303. The minimum atomic E-state index is -4.47. The van der Waals surface area contributed by atoms with Crippen LogP contribution in [0.15, 0.2) is 53.0 Å². The van der Waals surface area contributed by atoms with Gasteiger partial charge in [0.2, 0.25) is 16.2 Å². The molecule has 4 aromatic rings. The number of primary sulfonamides is 1. The third-order valence-corrected chi connectivity index (χ3v) is 9.64. The van der Waals surface area contributed by atoms with Gasteiger partial charge in [0.15, 0.2) is 0 Å². The molecule has 4 rings (SSSR count). The van der Waals surface area contributed by atoms with Gasteiger partial charge in [-0.15, -0.1) is 16.4 Å². The van der Waals surface area contributed by atoms with E-state index in [4.69, 9.17) is 9.88 Å². The van der Waals surface area contributed by atoms with Gasteiger partial charge in [0.1, 0.15) is 36.7 Å². The Kier molecular flexibility index (Phi) is 14.3. The number of hydrogen-bond acceptors (Lipinski definition) is 10. The summed E-state index contributed by atoms with van der Waals surface area (Å²) in [4.78, 5) is 29.6. The molecule has 20 heteroatoms. The van der Waals surface area contributed by atoms with Crippen LogP contribution in [0.5, 0.6) is 5.75 Å². The van der Waals surface area contributed by atoms with Crippen LogP contribution in [-0.2, 0) is 38.9 Å². The Bertz CT molecular complexity index is 1880. The van der Waals surface area contributed by atoms with Crippen molar-refractivity contribution in [1.82, 2.24) is 30.6 Å². The lowest BCUT2D eigenvalue weighted by Crippen LogP contribution is -3.00. The summed E-state index contributed by atoms with van der Waals surface area (Å²) in [5, 5.41) is 29.1. The molecule has 2 amide bonds. The van der Waals surface area contributed by atoms with E-state index in [1.165, 1.54) is 16.8 Å². The van der Waals surface area contributed by atoms with Crippen molar-refractivity contribution in [2.45, 2.75) is 61.5 Å². The van der Waals surface area contributed by atoms with Crippen molar-refractivity contribution in [3.63, 3.8) is 0 Å². The lowest BCUT2D eigenvalue weighted by Gasteiger charge is -2.26. The molecule has 0 spiro atoms. The van der Waals surface area contributed by atoms with Gasteiger partial charge in [-0.3, -0.25) is 9.59 Å². The fraction of sp³-hybridized carbons (Fsp3) is 0.452.